The van der Waals surface area contributed by atoms with Gasteiger partial charge in [-0.05, 0) is 47.5 Å². The van der Waals surface area contributed by atoms with Crippen molar-refractivity contribution >= 4 is 26.8 Å². The summed E-state index contributed by atoms with van der Waals surface area (Å²) in [5.41, 5.74) is 7.97. The zero-order valence-corrected chi connectivity index (χ0v) is 10.7. The summed E-state index contributed by atoms with van der Waals surface area (Å²) < 4.78 is 2.72. The van der Waals surface area contributed by atoms with Crippen molar-refractivity contribution in [3.63, 3.8) is 0 Å². The molecular formula is C11H14BrN3. The summed E-state index contributed by atoms with van der Waals surface area (Å²) in [4.78, 5) is 0. The van der Waals surface area contributed by atoms with Gasteiger partial charge in [-0.2, -0.15) is 5.10 Å². The molecule has 0 aliphatic carbocycles. The highest BCUT2D eigenvalue weighted by molar-refractivity contribution is 9.10. The molecule has 0 aliphatic heterocycles. The molecular weight excluding hydrogens is 254 g/mol. The topological polar surface area (TPSA) is 43.8 Å². The first-order chi connectivity index (χ1) is 6.89. The fourth-order valence-electron chi connectivity index (χ4n) is 1.62. The zero-order chi connectivity index (χ0) is 11.2. The fourth-order valence-corrected chi connectivity index (χ4v) is 2.18. The summed E-state index contributed by atoms with van der Waals surface area (Å²) in [6.07, 6.45) is 0. The average molecular weight is 268 g/mol. The van der Waals surface area contributed by atoms with Crippen molar-refractivity contribution in [2.75, 3.05) is 0 Å². The van der Waals surface area contributed by atoms with Gasteiger partial charge in [-0.3, -0.25) is 4.68 Å². The number of hydrogen-bond acceptors (Lipinski definition) is 2. The van der Waals surface area contributed by atoms with Crippen molar-refractivity contribution in [3.8, 4) is 0 Å². The van der Waals surface area contributed by atoms with Crippen LogP contribution in [0.5, 0.6) is 0 Å². The van der Waals surface area contributed by atoms with Crippen molar-refractivity contribution in [1.29, 1.82) is 0 Å². The summed E-state index contributed by atoms with van der Waals surface area (Å²) in [6, 6.07) is 6.19. The Morgan fingerprint density at radius 1 is 1.40 bits per heavy atom. The van der Waals surface area contributed by atoms with Gasteiger partial charge >= 0.3 is 0 Å². The summed E-state index contributed by atoms with van der Waals surface area (Å²) in [5.74, 6) is 0. The Kier molecular flexibility index (Phi) is 2.35. The first-order valence-electron chi connectivity index (χ1n) is 4.81. The second-order valence-electron chi connectivity index (χ2n) is 4.37. The first-order valence-corrected chi connectivity index (χ1v) is 5.60. The van der Waals surface area contributed by atoms with E-state index in [1.54, 1.807) is 0 Å². The van der Waals surface area contributed by atoms with Crippen LogP contribution in [0.15, 0.2) is 22.8 Å². The second kappa shape index (κ2) is 3.32. The van der Waals surface area contributed by atoms with Crippen LogP contribution < -0.4 is 5.73 Å². The largest absolute Gasteiger partial charge is 0.322 e. The maximum atomic E-state index is 6.06. The number of nitrogens with two attached hydrogens (primary N) is 1. The zero-order valence-electron chi connectivity index (χ0n) is 9.08. The highest BCUT2D eigenvalue weighted by atomic mass is 79.9. The Balaban J connectivity index is 2.71. The van der Waals surface area contributed by atoms with Gasteiger partial charge in [0.25, 0.3) is 0 Å². The SMILES string of the molecule is Cn1nc(Br)c2cc(C(C)(C)N)ccc21. The molecule has 0 unspecified atom stereocenters. The number of benzene rings is 1. The van der Waals surface area contributed by atoms with Crippen molar-refractivity contribution in [2.45, 2.75) is 19.4 Å². The van der Waals surface area contributed by atoms with Gasteiger partial charge in [-0.15, -0.1) is 0 Å². The quantitative estimate of drug-likeness (QED) is 0.863. The van der Waals surface area contributed by atoms with E-state index in [9.17, 15) is 0 Å². The minimum atomic E-state index is -0.316. The van der Waals surface area contributed by atoms with Gasteiger partial charge in [0.15, 0.2) is 0 Å². The van der Waals surface area contributed by atoms with Crippen molar-refractivity contribution in [3.05, 3.63) is 28.4 Å². The molecule has 0 fully saturated rings. The second-order valence-corrected chi connectivity index (χ2v) is 5.12. The van der Waals surface area contributed by atoms with Crippen molar-refractivity contribution in [1.82, 2.24) is 9.78 Å². The Labute approximate surface area is 97.4 Å². The number of hydrogen-bond donors (Lipinski definition) is 1. The third kappa shape index (κ3) is 1.79. The molecule has 0 aliphatic rings. The Hall–Kier alpha value is -0.870. The van der Waals surface area contributed by atoms with E-state index in [-0.39, 0.29) is 5.54 Å². The van der Waals surface area contributed by atoms with E-state index in [0.29, 0.717) is 0 Å². The van der Waals surface area contributed by atoms with Crippen molar-refractivity contribution < 1.29 is 0 Å². The molecule has 0 amide bonds. The molecule has 1 aromatic carbocycles. The van der Waals surface area contributed by atoms with Gasteiger partial charge in [-0.1, -0.05) is 6.07 Å². The maximum absolute atomic E-state index is 6.06. The number of aromatic nitrogens is 2. The predicted molar refractivity (Wildman–Crippen MR) is 65.6 cm³/mol. The summed E-state index contributed by atoms with van der Waals surface area (Å²) in [7, 11) is 1.93. The van der Waals surface area contributed by atoms with Crippen LogP contribution in [0.25, 0.3) is 10.9 Å². The van der Waals surface area contributed by atoms with E-state index in [1.807, 2.05) is 25.6 Å². The van der Waals surface area contributed by atoms with E-state index < -0.39 is 0 Å². The summed E-state index contributed by atoms with van der Waals surface area (Å²) >= 11 is 3.45. The van der Waals surface area contributed by atoms with Gasteiger partial charge in [0, 0.05) is 18.0 Å². The smallest absolute Gasteiger partial charge is 0.135 e. The minimum absolute atomic E-state index is 0.316. The summed E-state index contributed by atoms with van der Waals surface area (Å²) in [5, 5.41) is 5.41. The maximum Gasteiger partial charge on any atom is 0.135 e. The van der Waals surface area contributed by atoms with E-state index in [1.165, 1.54) is 0 Å². The third-order valence-corrected chi connectivity index (χ3v) is 3.14. The van der Waals surface area contributed by atoms with Crippen LogP contribution in [0.3, 0.4) is 0 Å². The summed E-state index contributed by atoms with van der Waals surface area (Å²) in [6.45, 7) is 4.00. The molecule has 15 heavy (non-hydrogen) atoms. The van der Waals surface area contributed by atoms with Gasteiger partial charge < -0.3 is 5.73 Å². The van der Waals surface area contributed by atoms with Crippen LogP contribution in [-0.4, -0.2) is 9.78 Å². The van der Waals surface area contributed by atoms with Crippen LogP contribution in [0, 0.1) is 0 Å². The number of fused-ring (bicyclic) bond motifs is 1. The lowest BCUT2D eigenvalue weighted by Crippen LogP contribution is -2.28. The highest BCUT2D eigenvalue weighted by Gasteiger charge is 2.16. The average Bonchev–Trinajstić information content (AvgIpc) is 2.41. The third-order valence-electron chi connectivity index (χ3n) is 2.55. The van der Waals surface area contributed by atoms with Gasteiger partial charge in [0.2, 0.25) is 0 Å². The van der Waals surface area contributed by atoms with E-state index in [0.717, 1.165) is 21.1 Å². The van der Waals surface area contributed by atoms with E-state index in [2.05, 4.69) is 39.2 Å². The number of aryl methyl sites for hydroxylation is 1. The van der Waals surface area contributed by atoms with Gasteiger partial charge in [-0.25, -0.2) is 0 Å². The van der Waals surface area contributed by atoms with Gasteiger partial charge in [0.1, 0.15) is 4.60 Å². The lowest BCUT2D eigenvalue weighted by Gasteiger charge is -2.19. The molecule has 0 atom stereocenters. The molecule has 3 nitrogen and oxygen atoms in total. The molecule has 0 bridgehead atoms. The monoisotopic (exact) mass is 267 g/mol. The van der Waals surface area contributed by atoms with Crippen LogP contribution in [0.1, 0.15) is 19.4 Å². The predicted octanol–water partition coefficient (Wildman–Crippen LogP) is 2.53. The number of nitrogens with zero attached hydrogens (tertiary/aromatic N) is 2. The molecule has 2 aromatic rings. The molecule has 80 valence electrons. The fraction of sp³-hybridized carbons (Fsp3) is 0.364. The number of halogens is 1. The van der Waals surface area contributed by atoms with E-state index >= 15 is 0 Å². The molecule has 2 N–H and O–H groups in total. The van der Waals surface area contributed by atoms with Crippen LogP contribution in [0.4, 0.5) is 0 Å². The normalized spacial score (nSPS) is 12.3. The van der Waals surface area contributed by atoms with Crippen LogP contribution in [-0.2, 0) is 12.6 Å². The molecule has 0 saturated heterocycles. The lowest BCUT2D eigenvalue weighted by molar-refractivity contribution is 0.555. The van der Waals surface area contributed by atoms with Crippen LogP contribution >= 0.6 is 15.9 Å². The lowest BCUT2D eigenvalue weighted by atomic mass is 9.95. The molecule has 1 aromatic heterocycles. The minimum Gasteiger partial charge on any atom is -0.322 e. The van der Waals surface area contributed by atoms with Crippen molar-refractivity contribution in [2.24, 2.45) is 12.8 Å². The molecule has 0 radical (unpaired) electrons. The standard InChI is InChI=1S/C11H14BrN3/c1-11(2,13)7-4-5-9-8(6-7)10(12)14-15(9)3/h4-6H,13H2,1-3H3. The van der Waals surface area contributed by atoms with E-state index in [4.69, 9.17) is 5.73 Å². The Morgan fingerprint density at radius 2 is 2.07 bits per heavy atom. The highest BCUT2D eigenvalue weighted by Crippen LogP contribution is 2.27. The first kappa shape index (κ1) is 10.6. The Bertz CT molecular complexity index is 508. The molecule has 4 heteroatoms. The molecule has 1 heterocycles. The number of rotatable bonds is 1. The molecule has 2 rings (SSSR count). The van der Waals surface area contributed by atoms with Gasteiger partial charge in [0.05, 0.1) is 5.52 Å². The molecule has 0 saturated carbocycles. The Morgan fingerprint density at radius 3 is 2.67 bits per heavy atom. The van der Waals surface area contributed by atoms with Crippen LogP contribution in [0.2, 0.25) is 0 Å². The molecule has 0 spiro atoms.